The number of nitrogens with zero attached hydrogens (tertiary/aromatic N) is 4. The lowest BCUT2D eigenvalue weighted by molar-refractivity contribution is -0.00618. The first-order chi connectivity index (χ1) is 12.8. The molecule has 7 heteroatoms. The largest absolute Gasteiger partial charge is 0.424 e. The van der Waals surface area contributed by atoms with Crippen molar-refractivity contribution in [2.75, 3.05) is 39.4 Å². The molecule has 1 N–H and O–H groups in total. The number of aliphatic hydroxyl groups excluding tert-OH is 1. The molecule has 2 aromatic rings. The normalized spacial score (nSPS) is 24.7. The fraction of sp³-hybridized carbons (Fsp3) is 0.474. The van der Waals surface area contributed by atoms with Gasteiger partial charge in [0, 0.05) is 51.2 Å². The lowest BCUT2D eigenvalue weighted by atomic mass is 10.1. The molecular formula is C19H24N4O3. The molecule has 0 saturated carbocycles. The van der Waals surface area contributed by atoms with Crippen LogP contribution in [-0.2, 0) is 11.3 Å². The second-order valence-corrected chi connectivity index (χ2v) is 6.75. The minimum absolute atomic E-state index is 0.205. The number of hydrogen-bond acceptors (Lipinski definition) is 7. The van der Waals surface area contributed by atoms with Crippen LogP contribution in [0.3, 0.4) is 0 Å². The van der Waals surface area contributed by atoms with Crippen molar-refractivity contribution in [2.45, 2.75) is 18.7 Å². The molecule has 0 aliphatic carbocycles. The van der Waals surface area contributed by atoms with Crippen molar-refractivity contribution < 1.29 is 14.6 Å². The van der Waals surface area contributed by atoms with Crippen LogP contribution in [-0.4, -0.2) is 76.4 Å². The molecule has 1 aromatic carbocycles. The van der Waals surface area contributed by atoms with Gasteiger partial charge in [-0.2, -0.15) is 0 Å². The summed E-state index contributed by atoms with van der Waals surface area (Å²) in [6.45, 7) is 5.74. The van der Waals surface area contributed by atoms with Gasteiger partial charge in [0.15, 0.2) is 0 Å². The van der Waals surface area contributed by atoms with Crippen LogP contribution in [0.5, 0.6) is 11.8 Å². The van der Waals surface area contributed by atoms with Crippen LogP contribution < -0.4 is 4.74 Å². The second-order valence-electron chi connectivity index (χ2n) is 6.75. The number of β-amino-alcohol motifs (C(OH)–C–C–N with tert-alkyl or cyclic N) is 1. The molecule has 2 aliphatic rings. The maximum absolute atomic E-state index is 10.4. The predicted octanol–water partition coefficient (Wildman–Crippen LogP) is 1.15. The number of ether oxygens (including phenoxy) is 2. The van der Waals surface area contributed by atoms with Gasteiger partial charge in [0.25, 0.3) is 0 Å². The van der Waals surface area contributed by atoms with Gasteiger partial charge in [0.1, 0.15) is 5.75 Å². The highest BCUT2D eigenvalue weighted by molar-refractivity contribution is 5.29. The van der Waals surface area contributed by atoms with E-state index in [1.54, 1.807) is 18.5 Å². The fourth-order valence-corrected chi connectivity index (χ4v) is 3.61. The van der Waals surface area contributed by atoms with Gasteiger partial charge < -0.3 is 14.6 Å². The SMILES string of the molecule is O[C@H]1CN(Cc2ccc(Oc3ncccn3)cc2)C[C@@H]1N1CCOCC1. The summed E-state index contributed by atoms with van der Waals surface area (Å²) in [5.74, 6) is 0.715. The molecule has 138 valence electrons. The van der Waals surface area contributed by atoms with Gasteiger partial charge in [-0.15, -0.1) is 0 Å². The van der Waals surface area contributed by atoms with Crippen LogP contribution in [0.2, 0.25) is 0 Å². The first-order valence-electron chi connectivity index (χ1n) is 9.04. The Hall–Kier alpha value is -2.06. The molecule has 0 radical (unpaired) electrons. The van der Waals surface area contributed by atoms with Crippen molar-refractivity contribution >= 4 is 0 Å². The smallest absolute Gasteiger partial charge is 0.321 e. The number of likely N-dealkylation sites (tertiary alicyclic amines) is 1. The summed E-state index contributed by atoms with van der Waals surface area (Å²) in [5, 5.41) is 10.4. The highest BCUT2D eigenvalue weighted by Crippen LogP contribution is 2.22. The molecule has 2 atom stereocenters. The van der Waals surface area contributed by atoms with Gasteiger partial charge in [-0.25, -0.2) is 9.97 Å². The zero-order chi connectivity index (χ0) is 17.8. The zero-order valence-electron chi connectivity index (χ0n) is 14.7. The maximum Gasteiger partial charge on any atom is 0.321 e. The fourth-order valence-electron chi connectivity index (χ4n) is 3.61. The van der Waals surface area contributed by atoms with Gasteiger partial charge in [-0.05, 0) is 23.8 Å². The number of rotatable bonds is 5. The molecule has 0 unspecified atom stereocenters. The van der Waals surface area contributed by atoms with Crippen molar-refractivity contribution in [3.8, 4) is 11.8 Å². The highest BCUT2D eigenvalue weighted by atomic mass is 16.5. The number of benzene rings is 1. The predicted molar refractivity (Wildman–Crippen MR) is 96.0 cm³/mol. The molecule has 2 saturated heterocycles. The van der Waals surface area contributed by atoms with Gasteiger partial charge >= 0.3 is 6.01 Å². The number of aliphatic hydroxyl groups is 1. The van der Waals surface area contributed by atoms with Crippen LogP contribution in [0.1, 0.15) is 5.56 Å². The Morgan fingerprint density at radius 3 is 2.54 bits per heavy atom. The average Bonchev–Trinajstić information content (AvgIpc) is 3.05. The minimum Gasteiger partial charge on any atom is -0.424 e. The second kappa shape index (κ2) is 8.09. The lowest BCUT2D eigenvalue weighted by Gasteiger charge is -2.33. The number of aromatic nitrogens is 2. The van der Waals surface area contributed by atoms with Crippen molar-refractivity contribution in [3.63, 3.8) is 0 Å². The van der Waals surface area contributed by atoms with E-state index in [0.717, 1.165) is 39.4 Å². The molecule has 2 fully saturated rings. The molecule has 0 amide bonds. The summed E-state index contributed by atoms with van der Waals surface area (Å²) < 4.78 is 11.0. The Morgan fingerprint density at radius 2 is 1.81 bits per heavy atom. The Balaban J connectivity index is 1.33. The third-order valence-corrected chi connectivity index (χ3v) is 4.93. The van der Waals surface area contributed by atoms with E-state index in [-0.39, 0.29) is 12.1 Å². The van der Waals surface area contributed by atoms with Crippen molar-refractivity contribution in [1.82, 2.24) is 19.8 Å². The van der Waals surface area contributed by atoms with Gasteiger partial charge in [-0.1, -0.05) is 12.1 Å². The van der Waals surface area contributed by atoms with E-state index in [0.29, 0.717) is 18.3 Å². The first-order valence-corrected chi connectivity index (χ1v) is 9.04. The summed E-state index contributed by atoms with van der Waals surface area (Å²) in [7, 11) is 0. The number of hydrogen-bond donors (Lipinski definition) is 1. The monoisotopic (exact) mass is 356 g/mol. The molecule has 0 spiro atoms. The highest BCUT2D eigenvalue weighted by Gasteiger charge is 2.35. The molecular weight excluding hydrogens is 332 g/mol. The molecule has 1 aromatic heterocycles. The topological polar surface area (TPSA) is 71.0 Å². The summed E-state index contributed by atoms with van der Waals surface area (Å²) >= 11 is 0. The number of morpholine rings is 1. The first kappa shape index (κ1) is 17.4. The van der Waals surface area contributed by atoms with Crippen molar-refractivity contribution in [2.24, 2.45) is 0 Å². The van der Waals surface area contributed by atoms with Crippen LogP contribution >= 0.6 is 0 Å². The average molecular weight is 356 g/mol. The van der Waals surface area contributed by atoms with Crippen molar-refractivity contribution in [3.05, 3.63) is 48.3 Å². The summed E-state index contributed by atoms with van der Waals surface area (Å²) in [6, 6.07) is 10.3. The van der Waals surface area contributed by atoms with Crippen LogP contribution in [0.15, 0.2) is 42.7 Å². The molecule has 0 bridgehead atoms. The van der Waals surface area contributed by atoms with Crippen LogP contribution in [0.4, 0.5) is 0 Å². The Labute approximate surface area is 153 Å². The molecule has 7 nitrogen and oxygen atoms in total. The molecule has 3 heterocycles. The molecule has 4 rings (SSSR count). The Bertz CT molecular complexity index is 692. The van der Waals surface area contributed by atoms with Crippen LogP contribution in [0.25, 0.3) is 0 Å². The van der Waals surface area contributed by atoms with E-state index in [9.17, 15) is 5.11 Å². The lowest BCUT2D eigenvalue weighted by Crippen LogP contribution is -2.48. The van der Waals surface area contributed by atoms with Gasteiger partial charge in [0.05, 0.1) is 19.3 Å². The maximum atomic E-state index is 10.4. The third-order valence-electron chi connectivity index (χ3n) is 4.93. The molecule has 2 aliphatic heterocycles. The van der Waals surface area contributed by atoms with Crippen molar-refractivity contribution in [1.29, 1.82) is 0 Å². The van der Waals surface area contributed by atoms with E-state index in [1.165, 1.54) is 5.56 Å². The third kappa shape index (κ3) is 4.19. The van der Waals surface area contributed by atoms with E-state index in [4.69, 9.17) is 9.47 Å². The van der Waals surface area contributed by atoms with E-state index in [2.05, 4.69) is 19.8 Å². The van der Waals surface area contributed by atoms with E-state index in [1.807, 2.05) is 24.3 Å². The standard InChI is InChI=1S/C19H24N4O3/c24-18-14-22(13-17(18)23-8-10-25-11-9-23)12-15-2-4-16(5-3-15)26-19-20-6-1-7-21-19/h1-7,17-18,24H,8-14H2/t17-,18-/m0/s1. The summed E-state index contributed by atoms with van der Waals surface area (Å²) in [4.78, 5) is 12.8. The van der Waals surface area contributed by atoms with Crippen LogP contribution in [0, 0.1) is 0 Å². The minimum atomic E-state index is -0.300. The van der Waals surface area contributed by atoms with Gasteiger partial charge in [0.2, 0.25) is 0 Å². The van der Waals surface area contributed by atoms with E-state index >= 15 is 0 Å². The van der Waals surface area contributed by atoms with Gasteiger partial charge in [-0.3, -0.25) is 9.80 Å². The Kier molecular flexibility index (Phi) is 5.40. The summed E-state index contributed by atoms with van der Waals surface area (Å²) in [6.07, 6.45) is 3.01. The quantitative estimate of drug-likeness (QED) is 0.862. The zero-order valence-corrected chi connectivity index (χ0v) is 14.7. The van der Waals surface area contributed by atoms with E-state index < -0.39 is 0 Å². The summed E-state index contributed by atoms with van der Waals surface area (Å²) in [5.41, 5.74) is 1.20. The Morgan fingerprint density at radius 1 is 1.08 bits per heavy atom. The molecule has 26 heavy (non-hydrogen) atoms.